The highest BCUT2D eigenvalue weighted by Crippen LogP contribution is 2.09. The second-order valence-corrected chi connectivity index (χ2v) is 7.91. The van der Waals surface area contributed by atoms with E-state index in [-0.39, 0.29) is 30.3 Å². The lowest BCUT2D eigenvalue weighted by Gasteiger charge is -2.23. The predicted octanol–water partition coefficient (Wildman–Crippen LogP) is 3.59. The highest BCUT2D eigenvalue weighted by Gasteiger charge is 2.26. The second kappa shape index (κ2) is 15.3. The molecule has 3 amide bonds. The summed E-state index contributed by atoms with van der Waals surface area (Å²) in [6, 6.07) is 8.74. The van der Waals surface area contributed by atoms with Gasteiger partial charge in [-0.05, 0) is 30.2 Å². The van der Waals surface area contributed by atoms with Gasteiger partial charge in [-0.25, -0.2) is 4.79 Å². The molecule has 3 atom stereocenters. The molecule has 0 bridgehead atoms. The molecule has 0 aliphatic heterocycles. The van der Waals surface area contributed by atoms with Gasteiger partial charge in [-0.3, -0.25) is 9.59 Å². The maximum absolute atomic E-state index is 12.6. The van der Waals surface area contributed by atoms with E-state index in [1.54, 1.807) is 6.42 Å². The molecule has 0 aliphatic rings. The van der Waals surface area contributed by atoms with Crippen molar-refractivity contribution in [1.82, 2.24) is 16.0 Å². The van der Waals surface area contributed by atoms with Crippen molar-refractivity contribution in [2.24, 2.45) is 11.8 Å². The van der Waals surface area contributed by atoms with Crippen molar-refractivity contribution < 1.29 is 19.1 Å². The number of rotatable bonds is 14. The number of hydrogen-bond acceptors (Lipinski definition) is 4. The van der Waals surface area contributed by atoms with E-state index in [0.29, 0.717) is 13.1 Å². The van der Waals surface area contributed by atoms with Gasteiger partial charge in [-0.1, -0.05) is 70.9 Å². The van der Waals surface area contributed by atoms with Gasteiger partial charge in [0.15, 0.2) is 0 Å². The Balaban J connectivity index is 2.33. The molecule has 173 valence electrons. The summed E-state index contributed by atoms with van der Waals surface area (Å²) in [5.74, 6) is -0.0306. The van der Waals surface area contributed by atoms with E-state index >= 15 is 0 Å². The van der Waals surface area contributed by atoms with Crippen LogP contribution in [-0.2, 0) is 20.9 Å². The minimum Gasteiger partial charge on any atom is -0.445 e. The number of ether oxygens (including phenoxy) is 1. The summed E-state index contributed by atoms with van der Waals surface area (Å²) >= 11 is 0. The zero-order chi connectivity index (χ0) is 23.1. The molecule has 0 fully saturated rings. The SMILES string of the molecule is CCC(C)[CH]C(=O)NCCCCNC(=O)C(NC(=O)OCc1ccccc1)C(C)CC. The van der Waals surface area contributed by atoms with E-state index in [2.05, 4.69) is 16.0 Å². The van der Waals surface area contributed by atoms with Crippen LogP contribution >= 0.6 is 0 Å². The smallest absolute Gasteiger partial charge is 0.408 e. The van der Waals surface area contributed by atoms with Crippen LogP contribution in [-0.4, -0.2) is 37.0 Å². The number of carbonyl (C=O) groups excluding carboxylic acids is 3. The number of benzene rings is 1. The molecular weight excluding hydrogens is 394 g/mol. The minimum atomic E-state index is -0.655. The van der Waals surface area contributed by atoms with E-state index in [1.165, 1.54) is 0 Å². The molecule has 1 aromatic carbocycles. The second-order valence-electron chi connectivity index (χ2n) is 7.91. The maximum Gasteiger partial charge on any atom is 0.408 e. The molecule has 0 aromatic heterocycles. The molecule has 0 aliphatic carbocycles. The van der Waals surface area contributed by atoms with Gasteiger partial charge < -0.3 is 20.7 Å². The first-order valence-corrected chi connectivity index (χ1v) is 11.2. The zero-order valence-electron chi connectivity index (χ0n) is 19.3. The molecule has 0 saturated carbocycles. The molecule has 0 spiro atoms. The van der Waals surface area contributed by atoms with Gasteiger partial charge in [-0.2, -0.15) is 0 Å². The summed E-state index contributed by atoms with van der Waals surface area (Å²) in [4.78, 5) is 36.5. The van der Waals surface area contributed by atoms with Crippen molar-refractivity contribution in [1.29, 1.82) is 0 Å². The number of carbonyl (C=O) groups is 3. The minimum absolute atomic E-state index is 0.0281. The van der Waals surface area contributed by atoms with Crippen LogP contribution < -0.4 is 16.0 Å². The molecular formula is C24H38N3O4. The van der Waals surface area contributed by atoms with E-state index in [4.69, 9.17) is 4.74 Å². The van der Waals surface area contributed by atoms with Crippen molar-refractivity contribution in [2.75, 3.05) is 13.1 Å². The average Bonchev–Trinajstić information content (AvgIpc) is 2.78. The summed E-state index contributed by atoms with van der Waals surface area (Å²) in [6.07, 6.45) is 4.27. The van der Waals surface area contributed by atoms with Crippen LogP contribution in [0.2, 0.25) is 0 Å². The maximum atomic E-state index is 12.6. The average molecular weight is 433 g/mol. The Bertz CT molecular complexity index is 666. The Morgan fingerprint density at radius 3 is 2.23 bits per heavy atom. The third-order valence-corrected chi connectivity index (χ3v) is 5.26. The fourth-order valence-electron chi connectivity index (χ4n) is 2.81. The summed E-state index contributed by atoms with van der Waals surface area (Å²) in [7, 11) is 0. The zero-order valence-corrected chi connectivity index (χ0v) is 19.3. The number of hydrogen-bond donors (Lipinski definition) is 3. The van der Waals surface area contributed by atoms with Crippen LogP contribution in [0.4, 0.5) is 4.79 Å². The van der Waals surface area contributed by atoms with Gasteiger partial charge in [0.2, 0.25) is 11.8 Å². The van der Waals surface area contributed by atoms with Crippen molar-refractivity contribution >= 4 is 17.9 Å². The molecule has 31 heavy (non-hydrogen) atoms. The third kappa shape index (κ3) is 11.4. The Hall–Kier alpha value is -2.57. The van der Waals surface area contributed by atoms with Crippen molar-refractivity contribution in [3.05, 3.63) is 42.3 Å². The van der Waals surface area contributed by atoms with Crippen LogP contribution in [0.3, 0.4) is 0 Å². The van der Waals surface area contributed by atoms with Crippen LogP contribution in [0.1, 0.15) is 58.9 Å². The van der Waals surface area contributed by atoms with E-state index in [1.807, 2.05) is 58.0 Å². The standard InChI is InChI=1S/C24H38N3O4/c1-5-18(3)16-21(28)25-14-10-11-15-26-23(29)22(19(4)6-2)27-24(30)31-17-20-12-8-7-9-13-20/h7-9,12-13,16,18-19,22H,5-6,10-11,14-15,17H2,1-4H3,(H,25,28)(H,26,29)(H,27,30). The van der Waals surface area contributed by atoms with Crippen molar-refractivity contribution in [2.45, 2.75) is 66.0 Å². The van der Waals surface area contributed by atoms with Gasteiger partial charge in [0, 0.05) is 13.1 Å². The van der Waals surface area contributed by atoms with Gasteiger partial charge in [-0.15, -0.1) is 0 Å². The van der Waals surface area contributed by atoms with Crippen LogP contribution in [0.5, 0.6) is 0 Å². The summed E-state index contributed by atoms with van der Waals surface area (Å²) in [6.45, 7) is 9.15. The van der Waals surface area contributed by atoms with Crippen molar-refractivity contribution in [3.8, 4) is 0 Å². The lowest BCUT2D eigenvalue weighted by molar-refractivity contribution is -0.124. The Morgan fingerprint density at radius 2 is 1.61 bits per heavy atom. The highest BCUT2D eigenvalue weighted by molar-refractivity contribution is 5.86. The molecule has 1 radical (unpaired) electrons. The van der Waals surface area contributed by atoms with E-state index in [0.717, 1.165) is 31.2 Å². The largest absolute Gasteiger partial charge is 0.445 e. The van der Waals surface area contributed by atoms with Crippen LogP contribution in [0.15, 0.2) is 30.3 Å². The van der Waals surface area contributed by atoms with Gasteiger partial charge in [0.25, 0.3) is 0 Å². The van der Waals surface area contributed by atoms with Gasteiger partial charge in [0.1, 0.15) is 12.6 Å². The predicted molar refractivity (Wildman–Crippen MR) is 122 cm³/mol. The lowest BCUT2D eigenvalue weighted by atomic mass is 9.98. The number of amides is 3. The normalized spacial score (nSPS) is 13.5. The molecule has 1 rings (SSSR count). The van der Waals surface area contributed by atoms with Gasteiger partial charge in [0.05, 0.1) is 6.42 Å². The molecule has 1 aromatic rings. The first-order valence-electron chi connectivity index (χ1n) is 11.2. The first kappa shape index (κ1) is 26.5. The Morgan fingerprint density at radius 1 is 0.968 bits per heavy atom. The Labute approximate surface area is 186 Å². The fraction of sp³-hybridized carbons (Fsp3) is 0.583. The van der Waals surface area contributed by atoms with Crippen LogP contribution in [0.25, 0.3) is 0 Å². The van der Waals surface area contributed by atoms with E-state index < -0.39 is 12.1 Å². The molecule has 7 heteroatoms. The topological polar surface area (TPSA) is 96.5 Å². The lowest BCUT2D eigenvalue weighted by Crippen LogP contribution is -2.50. The van der Waals surface area contributed by atoms with E-state index in [9.17, 15) is 14.4 Å². The highest BCUT2D eigenvalue weighted by atomic mass is 16.5. The quantitative estimate of drug-likeness (QED) is 0.392. The number of alkyl carbamates (subject to hydrolysis) is 1. The first-order chi connectivity index (χ1) is 14.9. The summed E-state index contributed by atoms with van der Waals surface area (Å²) < 4.78 is 5.25. The summed E-state index contributed by atoms with van der Waals surface area (Å²) in [5.41, 5.74) is 0.885. The number of nitrogens with one attached hydrogen (secondary N) is 3. The van der Waals surface area contributed by atoms with Crippen LogP contribution in [0, 0.1) is 18.3 Å². The van der Waals surface area contributed by atoms with Gasteiger partial charge >= 0.3 is 6.09 Å². The monoisotopic (exact) mass is 432 g/mol. The molecule has 3 unspecified atom stereocenters. The molecule has 3 N–H and O–H groups in total. The summed E-state index contributed by atoms with van der Waals surface area (Å²) in [5, 5.41) is 8.43. The van der Waals surface area contributed by atoms with Crippen molar-refractivity contribution in [3.63, 3.8) is 0 Å². The number of unbranched alkanes of at least 4 members (excludes halogenated alkanes) is 1. The molecule has 0 heterocycles. The molecule has 7 nitrogen and oxygen atoms in total. The third-order valence-electron chi connectivity index (χ3n) is 5.26. The molecule has 0 saturated heterocycles. The fourth-order valence-corrected chi connectivity index (χ4v) is 2.81. The Kier molecular flexibility index (Phi) is 13.0.